The average molecular weight is 502 g/mol. The molecule has 2 atom stereocenters. The highest BCUT2D eigenvalue weighted by Gasteiger charge is 2.31. The van der Waals surface area contributed by atoms with Gasteiger partial charge in [0.1, 0.15) is 5.75 Å². The van der Waals surface area contributed by atoms with Gasteiger partial charge in [-0.1, -0.05) is 36.4 Å². The number of likely N-dealkylation sites (tertiary alicyclic amines) is 1. The predicted molar refractivity (Wildman–Crippen MR) is 136 cm³/mol. The molecule has 190 valence electrons. The van der Waals surface area contributed by atoms with E-state index >= 15 is 0 Å². The molecular weight excluding hydrogens is 466 g/mol. The third kappa shape index (κ3) is 5.79. The number of anilines is 1. The van der Waals surface area contributed by atoms with Crippen molar-refractivity contribution in [3.05, 3.63) is 59.2 Å². The molecule has 2 aliphatic rings. The average Bonchev–Trinajstić information content (AvgIpc) is 3.26. The molecule has 35 heavy (non-hydrogen) atoms. The number of aliphatic hydroxyl groups is 1. The summed E-state index contributed by atoms with van der Waals surface area (Å²) in [6, 6.07) is 13.3. The van der Waals surface area contributed by atoms with Gasteiger partial charge in [-0.2, -0.15) is 0 Å². The molecule has 1 amide bonds. The number of β-amino-alcohol motifs (C(OH)–C–C–N with tert-alkyl or cyclic N) is 1. The lowest BCUT2D eigenvalue weighted by atomic mass is 9.98. The van der Waals surface area contributed by atoms with Crippen LogP contribution in [0.3, 0.4) is 0 Å². The Hall–Kier alpha value is -2.62. The number of hydrogen-bond donors (Lipinski definition) is 1. The zero-order valence-corrected chi connectivity index (χ0v) is 21.5. The molecule has 0 saturated carbocycles. The van der Waals surface area contributed by atoms with E-state index in [-0.39, 0.29) is 24.7 Å². The third-order valence-electron chi connectivity index (χ3n) is 6.99. The van der Waals surface area contributed by atoms with Gasteiger partial charge < -0.3 is 14.7 Å². The van der Waals surface area contributed by atoms with Crippen molar-refractivity contribution in [1.29, 1.82) is 0 Å². The Kier molecular flexibility index (Phi) is 7.68. The van der Waals surface area contributed by atoms with E-state index in [1.54, 1.807) is 18.0 Å². The van der Waals surface area contributed by atoms with Crippen molar-refractivity contribution < 1.29 is 23.1 Å². The van der Waals surface area contributed by atoms with Crippen LogP contribution in [-0.4, -0.2) is 81.4 Å². The molecule has 1 N–H and O–H groups in total. The van der Waals surface area contributed by atoms with Crippen LogP contribution in [0.5, 0.6) is 5.75 Å². The highest BCUT2D eigenvalue weighted by molar-refractivity contribution is 7.92. The summed E-state index contributed by atoms with van der Waals surface area (Å²) in [5.74, 6) is 0.214. The number of carbonyl (C=O) groups excluding carboxylic acids is 1. The maximum absolute atomic E-state index is 13.3. The van der Waals surface area contributed by atoms with Crippen molar-refractivity contribution in [2.45, 2.75) is 38.3 Å². The van der Waals surface area contributed by atoms with Gasteiger partial charge >= 0.3 is 0 Å². The molecule has 4 rings (SSSR count). The van der Waals surface area contributed by atoms with Crippen LogP contribution in [0.2, 0.25) is 0 Å². The number of hydrogen-bond acceptors (Lipinski definition) is 6. The molecule has 0 radical (unpaired) electrons. The predicted octanol–water partition coefficient (Wildman–Crippen LogP) is 2.35. The van der Waals surface area contributed by atoms with E-state index < -0.39 is 10.0 Å². The van der Waals surface area contributed by atoms with Crippen LogP contribution in [0.4, 0.5) is 5.69 Å². The molecule has 2 aromatic rings. The van der Waals surface area contributed by atoms with Crippen LogP contribution in [0, 0.1) is 6.92 Å². The normalized spacial score (nSPS) is 19.3. The second kappa shape index (κ2) is 10.6. The molecule has 1 saturated heterocycles. The van der Waals surface area contributed by atoms with Gasteiger partial charge in [0.25, 0.3) is 5.91 Å². The fraction of sp³-hybridized carbons (Fsp3) is 0.500. The Morgan fingerprint density at radius 1 is 1.20 bits per heavy atom. The molecule has 0 aromatic heterocycles. The van der Waals surface area contributed by atoms with Crippen molar-refractivity contribution in [2.24, 2.45) is 0 Å². The first-order chi connectivity index (χ1) is 16.6. The van der Waals surface area contributed by atoms with Gasteiger partial charge in [-0.3, -0.25) is 14.0 Å². The first-order valence-electron chi connectivity index (χ1n) is 12.1. The van der Waals surface area contributed by atoms with Gasteiger partial charge in [-0.05, 0) is 48.9 Å². The molecule has 1 fully saturated rings. The number of aliphatic hydroxyl groups excluding tert-OH is 1. The quantitative estimate of drug-likeness (QED) is 0.597. The maximum Gasteiger partial charge on any atom is 0.260 e. The van der Waals surface area contributed by atoms with Crippen LogP contribution in [0.15, 0.2) is 42.5 Å². The third-order valence-corrected chi connectivity index (χ3v) is 8.16. The summed E-state index contributed by atoms with van der Waals surface area (Å²) in [6.45, 7) is 4.17. The Labute approximate surface area is 208 Å². The second-order valence-corrected chi connectivity index (χ2v) is 11.5. The number of benzene rings is 2. The van der Waals surface area contributed by atoms with Crippen LogP contribution < -0.4 is 9.04 Å². The number of aryl methyl sites for hydroxylation is 1. The molecular formula is C26H35N3O5S. The SMILES string of the molecule is Cc1ccc(OCC(=O)N(C)C(CN2CC[C@H](O)C2)c2ccccc2)c2c1CCCN2S(C)(=O)=O. The van der Waals surface area contributed by atoms with Gasteiger partial charge in [-0.25, -0.2) is 8.42 Å². The Bertz CT molecular complexity index is 1160. The first-order valence-corrected chi connectivity index (χ1v) is 13.9. The van der Waals surface area contributed by atoms with E-state index in [9.17, 15) is 18.3 Å². The number of nitrogens with zero attached hydrogens (tertiary/aromatic N) is 3. The summed E-state index contributed by atoms with van der Waals surface area (Å²) in [4.78, 5) is 17.1. The topological polar surface area (TPSA) is 90.4 Å². The number of ether oxygens (including phenoxy) is 1. The van der Waals surface area contributed by atoms with E-state index in [1.165, 1.54) is 10.6 Å². The molecule has 0 aliphatic carbocycles. The van der Waals surface area contributed by atoms with Crippen molar-refractivity contribution in [1.82, 2.24) is 9.80 Å². The molecule has 0 spiro atoms. The molecule has 2 aliphatic heterocycles. The maximum atomic E-state index is 13.3. The number of sulfonamides is 1. The van der Waals surface area contributed by atoms with Gasteiger partial charge in [0, 0.05) is 33.2 Å². The monoisotopic (exact) mass is 501 g/mol. The summed E-state index contributed by atoms with van der Waals surface area (Å²) in [5, 5.41) is 9.95. The van der Waals surface area contributed by atoms with Crippen LogP contribution in [-0.2, 0) is 21.2 Å². The van der Waals surface area contributed by atoms with Crippen molar-refractivity contribution in [3.8, 4) is 5.75 Å². The van der Waals surface area contributed by atoms with Crippen LogP contribution in [0.25, 0.3) is 0 Å². The summed E-state index contributed by atoms with van der Waals surface area (Å²) in [5.41, 5.74) is 3.54. The summed E-state index contributed by atoms with van der Waals surface area (Å²) in [7, 11) is -1.70. The number of carbonyl (C=O) groups is 1. The number of rotatable bonds is 8. The van der Waals surface area contributed by atoms with E-state index in [0.717, 1.165) is 42.5 Å². The lowest BCUT2D eigenvalue weighted by Gasteiger charge is -2.33. The Morgan fingerprint density at radius 2 is 1.94 bits per heavy atom. The highest BCUT2D eigenvalue weighted by atomic mass is 32.2. The number of likely N-dealkylation sites (N-methyl/N-ethyl adjacent to an activating group) is 1. The van der Waals surface area contributed by atoms with Crippen molar-refractivity contribution in [3.63, 3.8) is 0 Å². The molecule has 0 bridgehead atoms. The summed E-state index contributed by atoms with van der Waals surface area (Å²) < 4.78 is 32.3. The van der Waals surface area contributed by atoms with Gasteiger partial charge in [-0.15, -0.1) is 0 Å². The molecule has 2 heterocycles. The van der Waals surface area contributed by atoms with Gasteiger partial charge in [0.05, 0.1) is 24.1 Å². The van der Waals surface area contributed by atoms with Crippen LogP contribution in [0.1, 0.15) is 35.6 Å². The molecule has 1 unspecified atom stereocenters. The molecule has 2 aromatic carbocycles. The second-order valence-electron chi connectivity index (χ2n) is 9.57. The van der Waals surface area contributed by atoms with Crippen molar-refractivity contribution in [2.75, 3.05) is 50.4 Å². The lowest BCUT2D eigenvalue weighted by molar-refractivity contribution is -0.134. The zero-order valence-electron chi connectivity index (χ0n) is 20.7. The Balaban J connectivity index is 1.53. The first kappa shape index (κ1) is 25.5. The number of amides is 1. The summed E-state index contributed by atoms with van der Waals surface area (Å²) >= 11 is 0. The van der Waals surface area contributed by atoms with Gasteiger partial charge in [0.15, 0.2) is 6.61 Å². The standard InChI is InChI=1S/C26H35N3O5S/c1-19-11-12-24(26-22(19)10-7-14-29(26)35(3,32)33)34-18-25(31)27(2)23(20-8-5-4-6-9-20)17-28-15-13-21(30)16-28/h4-6,8-9,11-12,21,23,30H,7,10,13-18H2,1-3H3/t21-,23?/m0/s1. The fourth-order valence-corrected chi connectivity index (χ4v) is 6.02. The van der Waals surface area contributed by atoms with E-state index in [2.05, 4.69) is 4.90 Å². The molecule has 9 heteroatoms. The smallest absolute Gasteiger partial charge is 0.260 e. The van der Waals surface area contributed by atoms with E-state index in [0.29, 0.717) is 31.1 Å². The number of fused-ring (bicyclic) bond motifs is 1. The fourth-order valence-electron chi connectivity index (χ4n) is 5.03. The van der Waals surface area contributed by atoms with E-state index in [4.69, 9.17) is 4.74 Å². The highest BCUT2D eigenvalue weighted by Crippen LogP contribution is 2.39. The minimum absolute atomic E-state index is 0.197. The largest absolute Gasteiger partial charge is 0.482 e. The van der Waals surface area contributed by atoms with Gasteiger partial charge in [0.2, 0.25) is 10.0 Å². The van der Waals surface area contributed by atoms with Crippen LogP contribution >= 0.6 is 0 Å². The minimum Gasteiger partial charge on any atom is -0.482 e. The minimum atomic E-state index is -3.47. The van der Waals surface area contributed by atoms with E-state index in [1.807, 2.05) is 43.3 Å². The van der Waals surface area contributed by atoms with Crippen molar-refractivity contribution >= 4 is 21.6 Å². The Morgan fingerprint density at radius 3 is 2.60 bits per heavy atom. The zero-order chi connectivity index (χ0) is 25.2. The molecule has 8 nitrogen and oxygen atoms in total. The summed E-state index contributed by atoms with van der Waals surface area (Å²) in [6.07, 6.45) is 3.12. The lowest BCUT2D eigenvalue weighted by Crippen LogP contribution is -2.41.